The van der Waals surface area contributed by atoms with Crippen LogP contribution < -0.4 is 5.32 Å². The van der Waals surface area contributed by atoms with Gasteiger partial charge in [0.15, 0.2) is 0 Å². The number of amides is 2. The molecule has 0 radical (unpaired) electrons. The van der Waals surface area contributed by atoms with Gasteiger partial charge in [0.05, 0.1) is 5.69 Å². The summed E-state index contributed by atoms with van der Waals surface area (Å²) in [5.74, 6) is -0.0174. The van der Waals surface area contributed by atoms with Crippen molar-refractivity contribution in [3.8, 4) is 5.75 Å². The molecule has 0 bridgehead atoms. The number of phenolic OH excluding ortho intramolecular Hbond substituents is 1. The molecule has 1 aliphatic heterocycles. The molecular weight excluding hydrogens is 280 g/mol. The molecule has 5 heteroatoms. The number of anilines is 1. The van der Waals surface area contributed by atoms with Crippen molar-refractivity contribution in [1.29, 1.82) is 0 Å². The monoisotopic (exact) mass is 304 g/mol. The molecule has 1 heterocycles. The van der Waals surface area contributed by atoms with Gasteiger partial charge in [0.2, 0.25) is 11.8 Å². The Morgan fingerprint density at radius 2 is 1.77 bits per heavy atom. The van der Waals surface area contributed by atoms with Crippen molar-refractivity contribution in [3.05, 3.63) is 24.3 Å². The van der Waals surface area contributed by atoms with Crippen molar-refractivity contribution in [1.82, 2.24) is 4.90 Å². The maximum Gasteiger partial charge on any atom is 0.227 e. The van der Waals surface area contributed by atoms with E-state index >= 15 is 0 Å². The van der Waals surface area contributed by atoms with Crippen LogP contribution >= 0.6 is 0 Å². The maximum absolute atomic E-state index is 12.3. The number of nitrogens with one attached hydrogen (secondary N) is 1. The van der Waals surface area contributed by atoms with E-state index in [9.17, 15) is 14.7 Å². The number of piperidine rings is 1. The number of phenols is 1. The van der Waals surface area contributed by atoms with Crippen LogP contribution in [0.1, 0.15) is 33.6 Å². The Morgan fingerprint density at radius 3 is 2.32 bits per heavy atom. The zero-order valence-corrected chi connectivity index (χ0v) is 13.4. The second kappa shape index (κ2) is 6.38. The molecule has 0 aliphatic carbocycles. The summed E-state index contributed by atoms with van der Waals surface area (Å²) in [4.78, 5) is 26.3. The van der Waals surface area contributed by atoms with Gasteiger partial charge in [0.1, 0.15) is 5.75 Å². The van der Waals surface area contributed by atoms with Gasteiger partial charge in [-0.3, -0.25) is 9.59 Å². The number of para-hydroxylation sites is 2. The Bertz CT molecular complexity index is 555. The zero-order valence-electron chi connectivity index (χ0n) is 13.4. The fourth-order valence-corrected chi connectivity index (χ4v) is 2.63. The topological polar surface area (TPSA) is 69.6 Å². The van der Waals surface area contributed by atoms with E-state index in [0.717, 1.165) is 0 Å². The van der Waals surface area contributed by atoms with Crippen LogP contribution in [0.2, 0.25) is 0 Å². The molecule has 2 amide bonds. The first-order valence-electron chi connectivity index (χ1n) is 7.67. The summed E-state index contributed by atoms with van der Waals surface area (Å²) in [5.41, 5.74) is 0.0472. The van der Waals surface area contributed by atoms with Crippen molar-refractivity contribution in [2.45, 2.75) is 33.6 Å². The van der Waals surface area contributed by atoms with Crippen LogP contribution in [-0.2, 0) is 9.59 Å². The molecule has 0 atom stereocenters. The van der Waals surface area contributed by atoms with Gasteiger partial charge in [-0.1, -0.05) is 32.9 Å². The Balaban J connectivity index is 1.90. The summed E-state index contributed by atoms with van der Waals surface area (Å²) >= 11 is 0. The standard InChI is InChI=1S/C17H24N2O3/c1-17(2,3)16(22)19-10-8-12(9-11-19)15(21)18-13-6-4-5-7-14(13)20/h4-7,12,20H,8-11H2,1-3H3,(H,18,21). The highest BCUT2D eigenvalue weighted by atomic mass is 16.3. The molecule has 22 heavy (non-hydrogen) atoms. The molecule has 2 N–H and O–H groups in total. The van der Waals surface area contributed by atoms with Crippen LogP contribution in [0.5, 0.6) is 5.75 Å². The van der Waals surface area contributed by atoms with Crippen molar-refractivity contribution in [2.24, 2.45) is 11.3 Å². The van der Waals surface area contributed by atoms with Crippen molar-refractivity contribution < 1.29 is 14.7 Å². The number of carbonyl (C=O) groups excluding carboxylic acids is 2. The lowest BCUT2D eigenvalue weighted by molar-refractivity contribution is -0.142. The van der Waals surface area contributed by atoms with Crippen LogP contribution in [0.15, 0.2) is 24.3 Å². The highest BCUT2D eigenvalue weighted by Gasteiger charge is 2.32. The van der Waals surface area contributed by atoms with E-state index in [4.69, 9.17) is 0 Å². The number of likely N-dealkylation sites (tertiary alicyclic amines) is 1. The average Bonchev–Trinajstić information content (AvgIpc) is 2.48. The number of hydrogen-bond donors (Lipinski definition) is 2. The lowest BCUT2D eigenvalue weighted by atomic mass is 9.90. The van der Waals surface area contributed by atoms with Gasteiger partial charge in [-0.2, -0.15) is 0 Å². The summed E-state index contributed by atoms with van der Waals surface area (Å²) in [6.45, 7) is 6.94. The molecule has 0 saturated carbocycles. The third-order valence-electron chi connectivity index (χ3n) is 3.96. The molecule has 1 aromatic rings. The zero-order chi connectivity index (χ0) is 16.3. The van der Waals surface area contributed by atoms with E-state index in [1.54, 1.807) is 24.3 Å². The van der Waals surface area contributed by atoms with Gasteiger partial charge in [-0.05, 0) is 25.0 Å². The molecule has 120 valence electrons. The molecular formula is C17H24N2O3. The average molecular weight is 304 g/mol. The summed E-state index contributed by atoms with van der Waals surface area (Å²) in [7, 11) is 0. The van der Waals surface area contributed by atoms with Crippen molar-refractivity contribution in [2.75, 3.05) is 18.4 Å². The number of nitrogens with zero attached hydrogens (tertiary/aromatic N) is 1. The quantitative estimate of drug-likeness (QED) is 0.825. The van der Waals surface area contributed by atoms with E-state index in [1.807, 2.05) is 25.7 Å². The first-order valence-corrected chi connectivity index (χ1v) is 7.67. The Morgan fingerprint density at radius 1 is 1.18 bits per heavy atom. The molecule has 1 saturated heterocycles. The van der Waals surface area contributed by atoms with Crippen molar-refractivity contribution >= 4 is 17.5 Å². The molecule has 0 unspecified atom stereocenters. The molecule has 2 rings (SSSR count). The van der Waals surface area contributed by atoms with E-state index in [-0.39, 0.29) is 28.9 Å². The van der Waals surface area contributed by atoms with E-state index < -0.39 is 0 Å². The largest absolute Gasteiger partial charge is 0.506 e. The van der Waals surface area contributed by atoms with Gasteiger partial charge in [0.25, 0.3) is 0 Å². The summed E-state index contributed by atoms with van der Waals surface area (Å²) in [5, 5.41) is 12.5. The van der Waals surface area contributed by atoms with Crippen LogP contribution in [0.4, 0.5) is 5.69 Å². The lowest BCUT2D eigenvalue weighted by Crippen LogP contribution is -2.45. The summed E-state index contributed by atoms with van der Waals surface area (Å²) in [6, 6.07) is 6.69. The third-order valence-corrected chi connectivity index (χ3v) is 3.96. The fourth-order valence-electron chi connectivity index (χ4n) is 2.63. The van der Waals surface area contributed by atoms with Gasteiger partial charge >= 0.3 is 0 Å². The number of hydrogen-bond acceptors (Lipinski definition) is 3. The van der Waals surface area contributed by atoms with E-state index in [0.29, 0.717) is 31.6 Å². The third kappa shape index (κ3) is 3.78. The molecule has 1 aromatic carbocycles. The van der Waals surface area contributed by atoms with E-state index in [1.165, 1.54) is 0 Å². The van der Waals surface area contributed by atoms with Gasteiger partial charge in [-0.25, -0.2) is 0 Å². The molecule has 1 fully saturated rings. The Labute approximate surface area is 131 Å². The van der Waals surface area contributed by atoms with Gasteiger partial charge in [-0.15, -0.1) is 0 Å². The van der Waals surface area contributed by atoms with Crippen LogP contribution in [-0.4, -0.2) is 34.9 Å². The highest BCUT2D eigenvalue weighted by molar-refractivity contribution is 5.94. The van der Waals surface area contributed by atoms with Crippen LogP contribution in [0.25, 0.3) is 0 Å². The summed E-state index contributed by atoms with van der Waals surface area (Å²) < 4.78 is 0. The molecule has 0 aromatic heterocycles. The molecule has 0 spiro atoms. The second-order valence-corrected chi connectivity index (χ2v) is 6.82. The highest BCUT2D eigenvalue weighted by Crippen LogP contribution is 2.26. The van der Waals surface area contributed by atoms with Gasteiger partial charge in [0, 0.05) is 24.4 Å². The van der Waals surface area contributed by atoms with E-state index in [2.05, 4.69) is 5.32 Å². The minimum atomic E-state index is -0.384. The Kier molecular flexibility index (Phi) is 4.74. The normalized spacial score (nSPS) is 16.4. The lowest BCUT2D eigenvalue weighted by Gasteiger charge is -2.35. The van der Waals surface area contributed by atoms with Crippen LogP contribution in [0, 0.1) is 11.3 Å². The second-order valence-electron chi connectivity index (χ2n) is 6.82. The molecule has 5 nitrogen and oxygen atoms in total. The smallest absolute Gasteiger partial charge is 0.227 e. The van der Waals surface area contributed by atoms with Gasteiger partial charge < -0.3 is 15.3 Å². The van der Waals surface area contributed by atoms with Crippen molar-refractivity contribution in [3.63, 3.8) is 0 Å². The first kappa shape index (κ1) is 16.3. The first-order chi connectivity index (χ1) is 10.3. The number of aromatic hydroxyl groups is 1. The maximum atomic E-state index is 12.3. The number of carbonyl (C=O) groups is 2. The fraction of sp³-hybridized carbons (Fsp3) is 0.529. The predicted molar refractivity (Wildman–Crippen MR) is 85.5 cm³/mol. The Hall–Kier alpha value is -2.04. The molecule has 1 aliphatic rings. The minimum absolute atomic E-state index is 0.0659. The predicted octanol–water partition coefficient (Wildman–Crippen LogP) is 2.62. The number of benzene rings is 1. The minimum Gasteiger partial charge on any atom is -0.506 e. The van der Waals surface area contributed by atoms with Crippen LogP contribution in [0.3, 0.4) is 0 Å². The number of rotatable bonds is 2. The SMILES string of the molecule is CC(C)(C)C(=O)N1CCC(C(=O)Nc2ccccc2O)CC1. The summed E-state index contributed by atoms with van der Waals surface area (Å²) in [6.07, 6.45) is 1.31.